The van der Waals surface area contributed by atoms with Crippen LogP contribution in [0.15, 0.2) is 18.5 Å². The predicted octanol–water partition coefficient (Wildman–Crippen LogP) is 1.39. The van der Waals surface area contributed by atoms with Gasteiger partial charge in [0.15, 0.2) is 0 Å². The lowest BCUT2D eigenvalue weighted by atomic mass is 10.2. The minimum atomic E-state index is 0.590. The molecule has 0 aliphatic heterocycles. The molecule has 3 nitrogen and oxygen atoms in total. The third kappa shape index (κ3) is 2.04. The first-order chi connectivity index (χ1) is 6.81. The van der Waals surface area contributed by atoms with Gasteiger partial charge >= 0.3 is 0 Å². The summed E-state index contributed by atoms with van der Waals surface area (Å²) in [6, 6.07) is 2.00. The minimum absolute atomic E-state index is 0.590. The molecule has 1 fully saturated rings. The monoisotopic (exact) mass is 191 g/mol. The van der Waals surface area contributed by atoms with E-state index < -0.39 is 0 Å². The molecule has 1 aromatic heterocycles. The Labute approximate surface area is 84.9 Å². The summed E-state index contributed by atoms with van der Waals surface area (Å²) >= 11 is 0. The molecule has 1 saturated carbocycles. The standard InChI is InChI=1S/C11H17N3/c1-14(8-9-2-3-9)11-7-13-5-4-10(11)6-12/h4-5,7,9H,2-3,6,8,12H2,1H3. The van der Waals surface area contributed by atoms with Crippen molar-refractivity contribution in [3.63, 3.8) is 0 Å². The third-order valence-corrected chi connectivity index (χ3v) is 2.75. The first kappa shape index (κ1) is 9.46. The van der Waals surface area contributed by atoms with Crippen LogP contribution >= 0.6 is 0 Å². The van der Waals surface area contributed by atoms with E-state index in [1.54, 1.807) is 6.20 Å². The van der Waals surface area contributed by atoms with Gasteiger partial charge in [0, 0.05) is 26.3 Å². The first-order valence-corrected chi connectivity index (χ1v) is 5.15. The highest BCUT2D eigenvalue weighted by Crippen LogP contribution is 2.31. The molecule has 0 aromatic carbocycles. The zero-order chi connectivity index (χ0) is 9.97. The summed E-state index contributed by atoms with van der Waals surface area (Å²) in [6.07, 6.45) is 6.46. The summed E-state index contributed by atoms with van der Waals surface area (Å²) in [7, 11) is 2.12. The maximum atomic E-state index is 5.68. The third-order valence-electron chi connectivity index (χ3n) is 2.75. The Hall–Kier alpha value is -1.09. The summed E-state index contributed by atoms with van der Waals surface area (Å²) in [5, 5.41) is 0. The fourth-order valence-electron chi connectivity index (χ4n) is 1.72. The molecule has 1 heterocycles. The Kier molecular flexibility index (Phi) is 2.68. The topological polar surface area (TPSA) is 42.2 Å². The van der Waals surface area contributed by atoms with E-state index in [-0.39, 0.29) is 0 Å². The molecule has 14 heavy (non-hydrogen) atoms. The number of hydrogen-bond donors (Lipinski definition) is 1. The van der Waals surface area contributed by atoms with E-state index in [0.29, 0.717) is 6.54 Å². The van der Waals surface area contributed by atoms with Gasteiger partial charge in [0.25, 0.3) is 0 Å². The summed E-state index contributed by atoms with van der Waals surface area (Å²) in [5.41, 5.74) is 8.05. The molecule has 1 aliphatic rings. The Morgan fingerprint density at radius 3 is 3.00 bits per heavy atom. The van der Waals surface area contributed by atoms with Crippen LogP contribution in [0.3, 0.4) is 0 Å². The van der Waals surface area contributed by atoms with Gasteiger partial charge in [0.05, 0.1) is 11.9 Å². The number of nitrogens with zero attached hydrogens (tertiary/aromatic N) is 2. The fraction of sp³-hybridized carbons (Fsp3) is 0.545. The van der Waals surface area contributed by atoms with Crippen LogP contribution in [0.4, 0.5) is 5.69 Å². The molecule has 1 aliphatic carbocycles. The zero-order valence-corrected chi connectivity index (χ0v) is 8.61. The summed E-state index contributed by atoms with van der Waals surface area (Å²) in [4.78, 5) is 6.42. The van der Waals surface area contributed by atoms with Crippen molar-refractivity contribution in [2.24, 2.45) is 11.7 Å². The van der Waals surface area contributed by atoms with Crippen LogP contribution in [-0.4, -0.2) is 18.6 Å². The van der Waals surface area contributed by atoms with Gasteiger partial charge in [-0.25, -0.2) is 0 Å². The molecule has 0 unspecified atom stereocenters. The van der Waals surface area contributed by atoms with Gasteiger partial charge in [-0.1, -0.05) is 0 Å². The van der Waals surface area contributed by atoms with Crippen LogP contribution in [0.25, 0.3) is 0 Å². The second kappa shape index (κ2) is 3.96. The van der Waals surface area contributed by atoms with Crippen molar-refractivity contribution in [1.29, 1.82) is 0 Å². The molecule has 0 atom stereocenters. The Morgan fingerprint density at radius 2 is 2.36 bits per heavy atom. The lowest BCUT2D eigenvalue weighted by Crippen LogP contribution is -2.22. The summed E-state index contributed by atoms with van der Waals surface area (Å²) in [5.74, 6) is 0.894. The minimum Gasteiger partial charge on any atom is -0.373 e. The fourth-order valence-corrected chi connectivity index (χ4v) is 1.72. The zero-order valence-electron chi connectivity index (χ0n) is 8.61. The van der Waals surface area contributed by atoms with Crippen LogP contribution < -0.4 is 10.6 Å². The maximum absolute atomic E-state index is 5.68. The van der Waals surface area contributed by atoms with Crippen molar-refractivity contribution in [2.75, 3.05) is 18.5 Å². The molecular formula is C11H17N3. The second-order valence-electron chi connectivity index (χ2n) is 4.03. The van der Waals surface area contributed by atoms with Crippen LogP contribution in [0, 0.1) is 5.92 Å². The summed E-state index contributed by atoms with van der Waals surface area (Å²) in [6.45, 7) is 1.73. The largest absolute Gasteiger partial charge is 0.373 e. The highest BCUT2D eigenvalue weighted by Gasteiger charge is 2.23. The van der Waals surface area contributed by atoms with Crippen molar-refractivity contribution in [3.8, 4) is 0 Å². The molecule has 3 heteroatoms. The molecule has 0 radical (unpaired) electrons. The van der Waals surface area contributed by atoms with Gasteiger partial charge in [-0.3, -0.25) is 4.98 Å². The Balaban J connectivity index is 2.11. The number of aromatic nitrogens is 1. The van der Waals surface area contributed by atoms with Crippen molar-refractivity contribution in [1.82, 2.24) is 4.98 Å². The van der Waals surface area contributed by atoms with E-state index >= 15 is 0 Å². The van der Waals surface area contributed by atoms with E-state index in [2.05, 4.69) is 16.9 Å². The Morgan fingerprint density at radius 1 is 1.57 bits per heavy atom. The molecule has 1 aromatic rings. The lowest BCUT2D eigenvalue weighted by molar-refractivity contribution is 0.780. The van der Waals surface area contributed by atoms with Crippen molar-refractivity contribution in [3.05, 3.63) is 24.0 Å². The summed E-state index contributed by atoms with van der Waals surface area (Å²) < 4.78 is 0. The van der Waals surface area contributed by atoms with Crippen LogP contribution in [0.5, 0.6) is 0 Å². The molecule has 0 amide bonds. The smallest absolute Gasteiger partial charge is 0.0595 e. The van der Waals surface area contributed by atoms with Crippen LogP contribution in [0.2, 0.25) is 0 Å². The normalized spacial score (nSPS) is 15.6. The molecule has 0 bridgehead atoms. The molecule has 2 rings (SSSR count). The SMILES string of the molecule is CN(CC1CC1)c1cnccc1CN. The maximum Gasteiger partial charge on any atom is 0.0595 e. The number of anilines is 1. The molecular weight excluding hydrogens is 174 g/mol. The predicted molar refractivity (Wildman–Crippen MR) is 58.1 cm³/mol. The highest BCUT2D eigenvalue weighted by atomic mass is 15.1. The average molecular weight is 191 g/mol. The number of nitrogens with two attached hydrogens (primary N) is 1. The van der Waals surface area contributed by atoms with Gasteiger partial charge < -0.3 is 10.6 Å². The quantitative estimate of drug-likeness (QED) is 0.782. The second-order valence-corrected chi connectivity index (χ2v) is 4.03. The van der Waals surface area contributed by atoms with E-state index in [0.717, 1.165) is 12.5 Å². The van der Waals surface area contributed by atoms with Gasteiger partial charge in [-0.2, -0.15) is 0 Å². The van der Waals surface area contributed by atoms with E-state index in [1.807, 2.05) is 12.3 Å². The van der Waals surface area contributed by atoms with Gasteiger partial charge in [-0.05, 0) is 30.4 Å². The van der Waals surface area contributed by atoms with Gasteiger partial charge in [0.1, 0.15) is 0 Å². The Bertz CT molecular complexity index is 307. The lowest BCUT2D eigenvalue weighted by Gasteiger charge is -2.21. The van der Waals surface area contributed by atoms with E-state index in [9.17, 15) is 0 Å². The molecule has 0 spiro atoms. The average Bonchev–Trinajstić information content (AvgIpc) is 3.01. The van der Waals surface area contributed by atoms with Gasteiger partial charge in [0.2, 0.25) is 0 Å². The van der Waals surface area contributed by atoms with Crippen LogP contribution in [0.1, 0.15) is 18.4 Å². The highest BCUT2D eigenvalue weighted by molar-refractivity contribution is 5.51. The molecule has 76 valence electrons. The number of rotatable bonds is 4. The van der Waals surface area contributed by atoms with Crippen molar-refractivity contribution in [2.45, 2.75) is 19.4 Å². The molecule has 2 N–H and O–H groups in total. The van der Waals surface area contributed by atoms with E-state index in [4.69, 9.17) is 5.73 Å². The number of hydrogen-bond acceptors (Lipinski definition) is 3. The van der Waals surface area contributed by atoms with Crippen molar-refractivity contribution < 1.29 is 0 Å². The molecule has 0 saturated heterocycles. The first-order valence-electron chi connectivity index (χ1n) is 5.15. The van der Waals surface area contributed by atoms with Crippen LogP contribution in [-0.2, 0) is 6.54 Å². The van der Waals surface area contributed by atoms with E-state index in [1.165, 1.54) is 24.1 Å². The van der Waals surface area contributed by atoms with Crippen molar-refractivity contribution >= 4 is 5.69 Å². The number of pyridine rings is 1. The van der Waals surface area contributed by atoms with Gasteiger partial charge in [-0.15, -0.1) is 0 Å².